The van der Waals surface area contributed by atoms with Gasteiger partial charge < -0.3 is 9.97 Å². The number of allylic oxidation sites excluding steroid dienone is 4. The molecule has 12 aromatic carbocycles. The molecule has 514 valence electrons. The maximum atomic E-state index is 6.22. The Bertz CT molecular complexity index is 6480. The Morgan fingerprint density at radius 3 is 0.611 bits per heavy atom. The second-order valence-corrected chi connectivity index (χ2v) is 26.1. The first kappa shape index (κ1) is 71.6. The predicted molar refractivity (Wildman–Crippen MR) is 453 cm³/mol. The molecule has 2 aromatic heterocycles. The van der Waals surface area contributed by atoms with Crippen molar-refractivity contribution in [1.82, 2.24) is 9.97 Å². The number of hydrogen-bond donors (Lipinski definition) is 0. The zero-order chi connectivity index (χ0) is 75.0. The van der Waals surface area contributed by atoms with E-state index in [0.29, 0.717) is 112 Å². The van der Waals surface area contributed by atoms with Crippen molar-refractivity contribution in [3.05, 3.63) is 509 Å². The normalized spacial score (nSPS) is 12.2. The topological polar surface area (TPSA) is 52.9 Å². The summed E-state index contributed by atoms with van der Waals surface area (Å²) < 4.78 is 0. The summed E-state index contributed by atoms with van der Waals surface area (Å²) in [5.74, 6) is 59.6. The first-order chi connectivity index (χ1) is 55.6. The van der Waals surface area contributed by atoms with Gasteiger partial charge in [0.1, 0.15) is 0 Å². The minimum absolute atomic E-state index is 0. The van der Waals surface area contributed by atoms with E-state index < -0.39 is 0 Å². The summed E-state index contributed by atoms with van der Waals surface area (Å²) in [6, 6.07) is 121. The van der Waals surface area contributed by atoms with Crippen molar-refractivity contribution < 1.29 is 19.5 Å². The Morgan fingerprint density at radius 2 is 0.372 bits per heavy atom. The van der Waals surface area contributed by atoms with Gasteiger partial charge in [-0.25, -0.2) is 9.98 Å². The second-order valence-electron chi connectivity index (χ2n) is 26.1. The standard InChI is InChI=1S/C108H60N4.Zn/c1-13-37-77(38-14-1)61-69-89-90(70-62-78-39-15-2-16-40-78)102-98(86-55-31-10-32-56-86)104-93(73-65-81-45-21-5-22-46-81)94(74-66-82-47-23-6-24-48-82)106(111-104)100(88-59-35-12-36-60-88)108-96(76-68-84-51-27-8-28-52-84)95(75-67-83-49-25-7-26-50-83)107(112-108)99(87-57-33-11-34-58-87)105-92(72-64-80-43-19-4-20-44-80)91(71-63-79-41-17-3-18-42-79)103(110-105)97(101(89)109-102)85-53-29-9-30-54-85;/h1-60H;/q-2;+2. The van der Waals surface area contributed by atoms with Crippen molar-refractivity contribution >= 4 is 33.7 Å². The van der Waals surface area contributed by atoms with Gasteiger partial charge in [-0.15, -0.1) is 22.1 Å². The molecule has 1 aliphatic carbocycles. The third-order valence-corrected chi connectivity index (χ3v) is 18.8. The van der Waals surface area contributed by atoms with Crippen molar-refractivity contribution in [2.45, 2.75) is 0 Å². The van der Waals surface area contributed by atoms with E-state index >= 15 is 0 Å². The van der Waals surface area contributed by atoms with E-state index in [4.69, 9.17) is 20.0 Å². The Labute approximate surface area is 671 Å². The van der Waals surface area contributed by atoms with Crippen LogP contribution in [-0.4, -0.2) is 11.4 Å². The molecule has 0 saturated carbocycles. The van der Waals surface area contributed by atoms with Crippen LogP contribution >= 0.6 is 0 Å². The molecule has 4 heterocycles. The van der Waals surface area contributed by atoms with Gasteiger partial charge in [0.05, 0.1) is 45.1 Å². The monoisotopic (exact) mass is 1480 g/mol. The number of fused-ring (bicyclic) bond motifs is 10. The molecule has 0 saturated heterocycles. The minimum Gasteiger partial charge on any atom is -0.655 e. The fourth-order valence-electron chi connectivity index (χ4n) is 13.5. The van der Waals surface area contributed by atoms with Crippen LogP contribution in [0.5, 0.6) is 0 Å². The number of aromatic nitrogens is 2. The van der Waals surface area contributed by atoms with Crippen LogP contribution in [0.25, 0.3) is 22.3 Å². The van der Waals surface area contributed by atoms with E-state index in [1.165, 1.54) is 0 Å². The van der Waals surface area contributed by atoms with Crippen LogP contribution < -0.4 is 20.7 Å². The Hall–Kier alpha value is -15.7. The van der Waals surface area contributed by atoms with Gasteiger partial charge in [-0.2, -0.15) is 0 Å². The number of aliphatic imine (C=N–C) groups is 2. The van der Waals surface area contributed by atoms with E-state index in [9.17, 15) is 0 Å². The van der Waals surface area contributed by atoms with Gasteiger partial charge in [-0.05, 0) is 142 Å². The third kappa shape index (κ3) is 15.9. The molecule has 0 amide bonds. The number of hydrogen-bond acceptors (Lipinski definition) is 2. The second kappa shape index (κ2) is 34.1. The summed E-state index contributed by atoms with van der Waals surface area (Å²) >= 11 is 0. The molecular formula is C108H60N4Zn. The molecule has 0 spiro atoms. The molecule has 0 atom stereocenters. The zero-order valence-corrected chi connectivity index (χ0v) is 64.1. The number of rotatable bonds is 4. The fraction of sp³-hybridized carbons (Fsp3) is 0. The van der Waals surface area contributed by atoms with E-state index in [-0.39, 0.29) is 19.5 Å². The summed E-state index contributed by atoms with van der Waals surface area (Å²) in [5, 5.41) is 0.952. The van der Waals surface area contributed by atoms with Crippen LogP contribution in [0.2, 0.25) is 0 Å². The van der Waals surface area contributed by atoms with Crippen molar-refractivity contribution in [3.63, 3.8) is 0 Å². The van der Waals surface area contributed by atoms with Gasteiger partial charge in [-0.3, -0.25) is 0 Å². The van der Waals surface area contributed by atoms with Gasteiger partial charge in [0.25, 0.3) is 0 Å². The quantitative estimate of drug-likeness (QED) is 0.130. The van der Waals surface area contributed by atoms with Gasteiger partial charge in [0.15, 0.2) is 0 Å². The molecule has 17 rings (SSSR count). The van der Waals surface area contributed by atoms with Crippen LogP contribution in [0.4, 0.5) is 0 Å². The zero-order valence-electron chi connectivity index (χ0n) is 61.1. The van der Waals surface area contributed by atoms with E-state index in [1.54, 1.807) is 0 Å². The first-order valence-electron chi connectivity index (χ1n) is 36.7. The van der Waals surface area contributed by atoms with Crippen LogP contribution in [0.3, 0.4) is 0 Å². The van der Waals surface area contributed by atoms with E-state index in [2.05, 4.69) is 143 Å². The first-order valence-corrected chi connectivity index (χ1v) is 36.7. The van der Waals surface area contributed by atoms with E-state index in [1.807, 2.05) is 315 Å². The average molecular weight is 1480 g/mol. The third-order valence-electron chi connectivity index (χ3n) is 18.8. The van der Waals surface area contributed by atoms with Gasteiger partial charge >= 0.3 is 19.5 Å². The molecule has 0 radical (unpaired) electrons. The number of benzene rings is 12. The van der Waals surface area contributed by atoms with Crippen LogP contribution in [0.15, 0.2) is 408 Å². The predicted octanol–water partition coefficient (Wildman–Crippen LogP) is 18.5. The van der Waals surface area contributed by atoms with Crippen LogP contribution in [0.1, 0.15) is 100 Å². The molecule has 0 N–H and O–H groups in total. The molecule has 4 nitrogen and oxygen atoms in total. The van der Waals surface area contributed by atoms with Gasteiger partial charge in [0, 0.05) is 66.8 Å². The molecule has 113 heavy (non-hydrogen) atoms. The van der Waals surface area contributed by atoms with Crippen molar-refractivity contribution in [1.29, 1.82) is 0 Å². The molecule has 5 heteroatoms. The summed E-state index contributed by atoms with van der Waals surface area (Å²) in [6.45, 7) is 0. The average Bonchev–Trinajstić information content (AvgIpc) is 1.57. The summed E-state index contributed by atoms with van der Waals surface area (Å²) in [7, 11) is 0. The van der Waals surface area contributed by atoms with Gasteiger partial charge in [-0.1, -0.05) is 362 Å². The summed E-state index contributed by atoms with van der Waals surface area (Å²) in [6.07, 6.45) is 0. The van der Waals surface area contributed by atoms with Crippen molar-refractivity contribution in [2.75, 3.05) is 0 Å². The minimum atomic E-state index is 0. The largest absolute Gasteiger partial charge is 2.00 e. The maximum Gasteiger partial charge on any atom is 2.00 e. The van der Waals surface area contributed by atoms with Gasteiger partial charge in [0.2, 0.25) is 0 Å². The Kier molecular flexibility index (Phi) is 21.6. The fourth-order valence-corrected chi connectivity index (χ4v) is 13.5. The van der Waals surface area contributed by atoms with E-state index in [0.717, 1.165) is 66.8 Å². The summed E-state index contributed by atoms with van der Waals surface area (Å²) in [4.78, 5) is 24.9. The van der Waals surface area contributed by atoms with Crippen LogP contribution in [0, 0.1) is 94.7 Å². The molecule has 3 aliphatic rings. The molecule has 0 fully saturated rings. The molecule has 2 aliphatic heterocycles. The van der Waals surface area contributed by atoms with Crippen LogP contribution in [-0.2, 0) is 19.5 Å². The number of nitrogens with zero attached hydrogens (tertiary/aromatic N) is 4. The summed E-state index contributed by atoms with van der Waals surface area (Å²) in [5.41, 5.74) is 18.8. The smallest absolute Gasteiger partial charge is 0.655 e. The molecule has 0 unspecified atom stereocenters. The van der Waals surface area contributed by atoms with Crippen molar-refractivity contribution in [2.24, 2.45) is 9.98 Å². The molecular weight excluding hydrogens is 1420 g/mol. The SMILES string of the molecule is C(#Cc1ccccc1)C1=C(C#Cc2ccccc2)C2=C(c3ccccc3)c3[n-]c(c(C#Cc4ccccc4)c3C#Cc3ccccc3)C(c3ccccc3)=C3N=C(C(C#Cc4ccccc4)=C3C#Cc3ccccc3)C(c3ccccc3)=c3[n-]c(c(C#Cc4ccccc4)c3C#Cc3ccccc3)=C(c3ccccc3)C1=N2.[Zn+2]. The molecule has 14 aromatic rings. The Balaban J connectivity index is 0.00000964. The van der Waals surface area contributed by atoms with Crippen molar-refractivity contribution in [3.8, 4) is 94.7 Å². The Morgan fingerprint density at radius 1 is 0.177 bits per heavy atom. The maximum absolute atomic E-state index is 6.22. The molecule has 8 bridgehead atoms.